The highest BCUT2D eigenvalue weighted by molar-refractivity contribution is 5.82. The van der Waals surface area contributed by atoms with E-state index in [2.05, 4.69) is 45.2 Å². The Morgan fingerprint density at radius 1 is 1.15 bits per heavy atom. The van der Waals surface area contributed by atoms with Crippen LogP contribution in [-0.2, 0) is 17.9 Å². The Balaban J connectivity index is 1.33. The van der Waals surface area contributed by atoms with E-state index in [0.717, 1.165) is 24.4 Å². The van der Waals surface area contributed by atoms with Crippen LogP contribution in [0.25, 0.3) is 0 Å². The summed E-state index contributed by atoms with van der Waals surface area (Å²) in [6.07, 6.45) is 4.76. The third-order valence-electron chi connectivity index (χ3n) is 5.09. The van der Waals surface area contributed by atoms with Crippen molar-refractivity contribution in [1.82, 2.24) is 14.9 Å². The van der Waals surface area contributed by atoms with Crippen LogP contribution in [0.2, 0.25) is 0 Å². The summed E-state index contributed by atoms with van der Waals surface area (Å²) < 4.78 is 2.12. The normalized spacial score (nSPS) is 18.5. The number of imidazole rings is 1. The van der Waals surface area contributed by atoms with E-state index in [4.69, 9.17) is 0 Å². The van der Waals surface area contributed by atoms with E-state index >= 15 is 0 Å². The van der Waals surface area contributed by atoms with Crippen molar-refractivity contribution >= 4 is 5.91 Å². The first kappa shape index (κ1) is 16.6. The van der Waals surface area contributed by atoms with E-state index in [1.54, 1.807) is 0 Å². The fraction of sp³-hybridized carbons (Fsp3) is 0.273. The van der Waals surface area contributed by atoms with Crippen molar-refractivity contribution in [2.75, 3.05) is 0 Å². The van der Waals surface area contributed by atoms with Crippen molar-refractivity contribution in [3.05, 3.63) is 89.5 Å². The molecule has 0 aliphatic heterocycles. The summed E-state index contributed by atoms with van der Waals surface area (Å²) in [5, 5.41) is 3.10. The van der Waals surface area contributed by atoms with E-state index in [9.17, 15) is 4.79 Å². The second-order valence-corrected chi connectivity index (χ2v) is 7.00. The lowest BCUT2D eigenvalue weighted by Gasteiger charge is -2.09. The van der Waals surface area contributed by atoms with Crippen LogP contribution in [0.4, 0.5) is 0 Å². The molecular weight excluding hydrogens is 322 g/mol. The molecule has 1 amide bonds. The molecule has 1 fully saturated rings. The zero-order valence-corrected chi connectivity index (χ0v) is 14.9. The topological polar surface area (TPSA) is 46.9 Å². The minimum atomic E-state index is 0.120. The lowest BCUT2D eigenvalue weighted by Crippen LogP contribution is -2.24. The van der Waals surface area contributed by atoms with Crippen molar-refractivity contribution in [3.8, 4) is 0 Å². The number of carbonyl (C=O) groups excluding carboxylic acids is 1. The average molecular weight is 345 g/mol. The molecule has 1 N–H and O–H groups in total. The molecule has 0 spiro atoms. The van der Waals surface area contributed by atoms with E-state index < -0.39 is 0 Å². The predicted octanol–water partition coefficient (Wildman–Crippen LogP) is 3.66. The summed E-state index contributed by atoms with van der Waals surface area (Å²) in [5.74, 6) is 1.67. The minimum absolute atomic E-state index is 0.120. The van der Waals surface area contributed by atoms with Crippen molar-refractivity contribution in [1.29, 1.82) is 0 Å². The van der Waals surface area contributed by atoms with Crippen molar-refractivity contribution in [2.24, 2.45) is 5.92 Å². The lowest BCUT2D eigenvalue weighted by atomic mass is 10.1. The van der Waals surface area contributed by atoms with Gasteiger partial charge in [0.05, 0.1) is 0 Å². The molecule has 26 heavy (non-hydrogen) atoms. The summed E-state index contributed by atoms with van der Waals surface area (Å²) in [6.45, 7) is 3.38. The van der Waals surface area contributed by atoms with Crippen LogP contribution in [0.3, 0.4) is 0 Å². The summed E-state index contributed by atoms with van der Waals surface area (Å²) in [5.41, 5.74) is 3.61. The molecule has 0 unspecified atom stereocenters. The highest BCUT2D eigenvalue weighted by atomic mass is 16.2. The van der Waals surface area contributed by atoms with Crippen LogP contribution in [0.1, 0.15) is 34.9 Å². The first-order valence-electron chi connectivity index (χ1n) is 9.09. The Morgan fingerprint density at radius 2 is 1.96 bits per heavy atom. The Morgan fingerprint density at radius 3 is 2.73 bits per heavy atom. The van der Waals surface area contributed by atoms with Crippen molar-refractivity contribution in [3.63, 3.8) is 0 Å². The van der Waals surface area contributed by atoms with Crippen LogP contribution < -0.4 is 5.32 Å². The van der Waals surface area contributed by atoms with Crippen molar-refractivity contribution < 1.29 is 4.79 Å². The van der Waals surface area contributed by atoms with Gasteiger partial charge in [0.25, 0.3) is 0 Å². The molecule has 1 aromatic heterocycles. The van der Waals surface area contributed by atoms with E-state index in [0.29, 0.717) is 12.5 Å². The molecule has 1 heterocycles. The molecule has 132 valence electrons. The van der Waals surface area contributed by atoms with Crippen LogP contribution in [-0.4, -0.2) is 15.5 Å². The van der Waals surface area contributed by atoms with Gasteiger partial charge in [0.15, 0.2) is 0 Å². The molecule has 4 nitrogen and oxygen atoms in total. The smallest absolute Gasteiger partial charge is 0.224 e. The molecule has 1 aliphatic carbocycles. The van der Waals surface area contributed by atoms with Gasteiger partial charge in [-0.2, -0.15) is 0 Å². The Kier molecular flexibility index (Phi) is 4.57. The SMILES string of the molecule is Cc1nccn1Cc1cccc(CNC(=O)[C@H]2C[C@@H]2c2ccccc2)c1. The second-order valence-electron chi connectivity index (χ2n) is 7.00. The highest BCUT2D eigenvalue weighted by Crippen LogP contribution is 2.47. The number of benzene rings is 2. The summed E-state index contributed by atoms with van der Waals surface area (Å²) >= 11 is 0. The fourth-order valence-corrected chi connectivity index (χ4v) is 3.48. The van der Waals surface area contributed by atoms with E-state index in [1.165, 1.54) is 11.1 Å². The molecule has 0 bridgehead atoms. The number of carbonyl (C=O) groups is 1. The standard InChI is InChI=1S/C22H23N3O/c1-16-23-10-11-25(16)15-18-7-5-6-17(12-18)14-24-22(26)21-13-20(21)19-8-3-2-4-9-19/h2-12,20-21H,13-15H2,1H3,(H,24,26)/t20-,21+/m1/s1. The molecular formula is C22H23N3O. The first-order valence-corrected chi connectivity index (χ1v) is 9.09. The molecule has 4 rings (SSSR count). The lowest BCUT2D eigenvalue weighted by molar-refractivity contribution is -0.122. The van der Waals surface area contributed by atoms with Gasteiger partial charge in [-0.15, -0.1) is 0 Å². The third kappa shape index (κ3) is 3.69. The zero-order chi connectivity index (χ0) is 17.9. The number of hydrogen-bond acceptors (Lipinski definition) is 2. The molecule has 2 atom stereocenters. The number of rotatable bonds is 6. The first-order chi connectivity index (χ1) is 12.7. The van der Waals surface area contributed by atoms with Crippen LogP contribution >= 0.6 is 0 Å². The summed E-state index contributed by atoms with van der Waals surface area (Å²) in [4.78, 5) is 16.7. The van der Waals surface area contributed by atoms with E-state index in [-0.39, 0.29) is 11.8 Å². The molecule has 4 heteroatoms. The number of aromatic nitrogens is 2. The highest BCUT2D eigenvalue weighted by Gasteiger charge is 2.43. The van der Waals surface area contributed by atoms with Crippen LogP contribution in [0.15, 0.2) is 67.0 Å². The quantitative estimate of drug-likeness (QED) is 0.741. The van der Waals surface area contributed by atoms with Gasteiger partial charge in [0, 0.05) is 31.4 Å². The second kappa shape index (κ2) is 7.16. The van der Waals surface area contributed by atoms with Crippen LogP contribution in [0.5, 0.6) is 0 Å². The third-order valence-corrected chi connectivity index (χ3v) is 5.09. The Hall–Kier alpha value is -2.88. The maximum absolute atomic E-state index is 12.4. The zero-order valence-electron chi connectivity index (χ0n) is 14.9. The maximum atomic E-state index is 12.4. The molecule has 2 aromatic carbocycles. The average Bonchev–Trinajstić information content (AvgIpc) is 3.38. The van der Waals surface area contributed by atoms with Gasteiger partial charge in [-0.1, -0.05) is 54.6 Å². The number of hydrogen-bond donors (Lipinski definition) is 1. The summed E-state index contributed by atoms with van der Waals surface area (Å²) in [7, 11) is 0. The van der Waals surface area contributed by atoms with Crippen LogP contribution in [0, 0.1) is 12.8 Å². The van der Waals surface area contributed by atoms with Gasteiger partial charge in [-0.3, -0.25) is 4.79 Å². The number of aryl methyl sites for hydroxylation is 1. The van der Waals surface area contributed by atoms with Gasteiger partial charge in [0.1, 0.15) is 5.82 Å². The monoisotopic (exact) mass is 345 g/mol. The van der Waals surface area contributed by atoms with Crippen molar-refractivity contribution in [2.45, 2.75) is 32.4 Å². The largest absolute Gasteiger partial charge is 0.352 e. The molecule has 0 saturated heterocycles. The maximum Gasteiger partial charge on any atom is 0.224 e. The number of nitrogens with zero attached hydrogens (tertiary/aromatic N) is 2. The Labute approximate surface area is 153 Å². The number of amides is 1. The van der Waals surface area contributed by atoms with E-state index in [1.807, 2.05) is 43.6 Å². The summed E-state index contributed by atoms with van der Waals surface area (Å²) in [6, 6.07) is 18.7. The molecule has 3 aromatic rings. The molecule has 0 radical (unpaired) electrons. The van der Waals surface area contributed by atoms with Gasteiger partial charge >= 0.3 is 0 Å². The molecule has 1 saturated carbocycles. The van der Waals surface area contributed by atoms with Gasteiger partial charge in [-0.25, -0.2) is 4.98 Å². The van der Waals surface area contributed by atoms with Gasteiger partial charge < -0.3 is 9.88 Å². The van der Waals surface area contributed by atoms with Gasteiger partial charge in [-0.05, 0) is 36.0 Å². The minimum Gasteiger partial charge on any atom is -0.352 e. The Bertz CT molecular complexity index is 901. The predicted molar refractivity (Wildman–Crippen MR) is 102 cm³/mol. The fourth-order valence-electron chi connectivity index (χ4n) is 3.48. The van der Waals surface area contributed by atoms with Gasteiger partial charge in [0.2, 0.25) is 5.91 Å². The number of nitrogens with one attached hydrogen (secondary N) is 1. The molecule has 1 aliphatic rings.